The molecule has 0 aromatic heterocycles. The Labute approximate surface area is 104 Å². The molecule has 3 heteroatoms. The van der Waals surface area contributed by atoms with Gasteiger partial charge in [-0.05, 0) is 19.7 Å². The van der Waals surface area contributed by atoms with Crippen molar-refractivity contribution in [2.45, 2.75) is 12.6 Å². The SMILES string of the molecule is CN(C)C[C@@H]1CN(Cc2ccccc2)CCO1. The highest BCUT2D eigenvalue weighted by Crippen LogP contribution is 2.10. The third-order valence-corrected chi connectivity index (χ3v) is 3.04. The fourth-order valence-electron chi connectivity index (χ4n) is 2.28. The first-order chi connectivity index (χ1) is 8.24. The Morgan fingerprint density at radius 2 is 2.06 bits per heavy atom. The number of benzene rings is 1. The Hall–Kier alpha value is -0.900. The van der Waals surface area contributed by atoms with Crippen LogP contribution in [0.1, 0.15) is 5.56 Å². The van der Waals surface area contributed by atoms with Gasteiger partial charge in [0.2, 0.25) is 0 Å². The van der Waals surface area contributed by atoms with Crippen LogP contribution >= 0.6 is 0 Å². The average molecular weight is 234 g/mol. The summed E-state index contributed by atoms with van der Waals surface area (Å²) in [5, 5.41) is 0. The van der Waals surface area contributed by atoms with Crippen molar-refractivity contribution in [3.63, 3.8) is 0 Å². The van der Waals surface area contributed by atoms with E-state index in [1.165, 1.54) is 5.56 Å². The van der Waals surface area contributed by atoms with Gasteiger partial charge >= 0.3 is 0 Å². The monoisotopic (exact) mass is 234 g/mol. The van der Waals surface area contributed by atoms with E-state index in [1.807, 2.05) is 0 Å². The van der Waals surface area contributed by atoms with Crippen molar-refractivity contribution >= 4 is 0 Å². The number of hydrogen-bond donors (Lipinski definition) is 0. The van der Waals surface area contributed by atoms with E-state index in [1.54, 1.807) is 0 Å². The van der Waals surface area contributed by atoms with Crippen molar-refractivity contribution < 1.29 is 4.74 Å². The molecule has 1 fully saturated rings. The standard InChI is InChI=1S/C14H22N2O/c1-15(2)11-14-12-16(8-9-17-14)10-13-6-4-3-5-7-13/h3-7,14H,8-12H2,1-2H3/t14-/m1/s1. The first-order valence-corrected chi connectivity index (χ1v) is 6.26. The molecule has 0 unspecified atom stereocenters. The highest BCUT2D eigenvalue weighted by atomic mass is 16.5. The molecule has 0 aliphatic carbocycles. The van der Waals surface area contributed by atoms with Crippen molar-refractivity contribution in [2.24, 2.45) is 0 Å². The fourth-order valence-corrected chi connectivity index (χ4v) is 2.28. The Morgan fingerprint density at radius 3 is 2.76 bits per heavy atom. The molecule has 0 radical (unpaired) electrons. The highest BCUT2D eigenvalue weighted by molar-refractivity contribution is 5.14. The summed E-state index contributed by atoms with van der Waals surface area (Å²) in [4.78, 5) is 4.67. The number of rotatable bonds is 4. The smallest absolute Gasteiger partial charge is 0.0829 e. The lowest BCUT2D eigenvalue weighted by Crippen LogP contribution is -2.45. The van der Waals surface area contributed by atoms with E-state index in [0.717, 1.165) is 32.8 Å². The van der Waals surface area contributed by atoms with Crippen molar-refractivity contribution in [2.75, 3.05) is 40.3 Å². The van der Waals surface area contributed by atoms with Gasteiger partial charge in [-0.3, -0.25) is 4.90 Å². The molecule has 1 heterocycles. The van der Waals surface area contributed by atoms with Crippen LogP contribution in [0.3, 0.4) is 0 Å². The number of morpholine rings is 1. The first-order valence-electron chi connectivity index (χ1n) is 6.26. The minimum Gasteiger partial charge on any atom is -0.374 e. The third kappa shape index (κ3) is 4.11. The van der Waals surface area contributed by atoms with Crippen LogP contribution < -0.4 is 0 Å². The molecule has 0 saturated carbocycles. The maximum absolute atomic E-state index is 5.77. The van der Waals surface area contributed by atoms with E-state index in [4.69, 9.17) is 4.74 Å². The molecule has 2 rings (SSSR count). The Morgan fingerprint density at radius 1 is 1.29 bits per heavy atom. The molecule has 0 bridgehead atoms. The summed E-state index contributed by atoms with van der Waals surface area (Å²) in [7, 11) is 4.19. The van der Waals surface area contributed by atoms with E-state index in [9.17, 15) is 0 Å². The predicted octanol–water partition coefficient (Wildman–Crippen LogP) is 1.45. The second-order valence-electron chi connectivity index (χ2n) is 4.98. The Bertz CT molecular complexity index is 326. The zero-order valence-electron chi connectivity index (χ0n) is 10.8. The largest absolute Gasteiger partial charge is 0.374 e. The Balaban J connectivity index is 1.85. The lowest BCUT2D eigenvalue weighted by molar-refractivity contribution is -0.0406. The third-order valence-electron chi connectivity index (χ3n) is 3.04. The normalized spacial score (nSPS) is 21.9. The summed E-state index contributed by atoms with van der Waals surface area (Å²) in [6, 6.07) is 10.7. The molecule has 94 valence electrons. The molecule has 0 N–H and O–H groups in total. The maximum atomic E-state index is 5.77. The molecule has 1 saturated heterocycles. The molecule has 1 atom stereocenters. The lowest BCUT2D eigenvalue weighted by atomic mass is 10.2. The molecule has 0 amide bonds. The minimum absolute atomic E-state index is 0.350. The fraction of sp³-hybridized carbons (Fsp3) is 0.571. The lowest BCUT2D eigenvalue weighted by Gasteiger charge is -2.34. The van der Waals surface area contributed by atoms with E-state index >= 15 is 0 Å². The van der Waals surface area contributed by atoms with Gasteiger partial charge < -0.3 is 9.64 Å². The summed E-state index contributed by atoms with van der Waals surface area (Å²) in [6.45, 7) is 4.97. The van der Waals surface area contributed by atoms with Gasteiger partial charge in [-0.2, -0.15) is 0 Å². The van der Waals surface area contributed by atoms with Gasteiger partial charge in [0.1, 0.15) is 0 Å². The van der Waals surface area contributed by atoms with Crippen LogP contribution in [0.15, 0.2) is 30.3 Å². The van der Waals surface area contributed by atoms with Crippen LogP contribution in [0.2, 0.25) is 0 Å². The van der Waals surface area contributed by atoms with Crippen molar-refractivity contribution in [1.82, 2.24) is 9.80 Å². The Kier molecular flexibility index (Phi) is 4.54. The van der Waals surface area contributed by atoms with E-state index in [0.29, 0.717) is 6.10 Å². The molecule has 1 aliphatic heterocycles. The number of likely N-dealkylation sites (N-methyl/N-ethyl adjacent to an activating group) is 1. The minimum atomic E-state index is 0.350. The van der Waals surface area contributed by atoms with Crippen molar-refractivity contribution in [1.29, 1.82) is 0 Å². The van der Waals surface area contributed by atoms with Gasteiger partial charge in [0.15, 0.2) is 0 Å². The van der Waals surface area contributed by atoms with Crippen molar-refractivity contribution in [3.05, 3.63) is 35.9 Å². The molecule has 17 heavy (non-hydrogen) atoms. The second kappa shape index (κ2) is 6.15. The van der Waals surface area contributed by atoms with E-state index < -0.39 is 0 Å². The zero-order chi connectivity index (χ0) is 12.1. The molecule has 1 aliphatic rings. The van der Waals surface area contributed by atoms with Crippen molar-refractivity contribution in [3.8, 4) is 0 Å². The van der Waals surface area contributed by atoms with Gasteiger partial charge in [-0.25, -0.2) is 0 Å². The van der Waals surface area contributed by atoms with E-state index in [2.05, 4.69) is 54.2 Å². The average Bonchev–Trinajstić information content (AvgIpc) is 2.30. The predicted molar refractivity (Wildman–Crippen MR) is 70.0 cm³/mol. The molecular formula is C14H22N2O. The second-order valence-corrected chi connectivity index (χ2v) is 4.98. The van der Waals surface area contributed by atoms with Gasteiger partial charge in [-0.15, -0.1) is 0 Å². The highest BCUT2D eigenvalue weighted by Gasteiger charge is 2.20. The summed E-state index contributed by atoms with van der Waals surface area (Å²) in [6.07, 6.45) is 0.350. The van der Waals surface area contributed by atoms with Crippen LogP contribution in [-0.2, 0) is 11.3 Å². The first kappa shape index (κ1) is 12.6. The number of hydrogen-bond acceptors (Lipinski definition) is 3. The van der Waals surface area contributed by atoms with Crippen LogP contribution in [0.4, 0.5) is 0 Å². The zero-order valence-corrected chi connectivity index (χ0v) is 10.8. The topological polar surface area (TPSA) is 15.7 Å². The molecular weight excluding hydrogens is 212 g/mol. The summed E-state index contributed by atoms with van der Waals surface area (Å²) < 4.78 is 5.77. The number of ether oxygens (including phenoxy) is 1. The molecule has 3 nitrogen and oxygen atoms in total. The van der Waals surface area contributed by atoms with Crippen LogP contribution in [0.25, 0.3) is 0 Å². The quantitative estimate of drug-likeness (QED) is 0.784. The summed E-state index contributed by atoms with van der Waals surface area (Å²) >= 11 is 0. The number of nitrogens with zero attached hydrogens (tertiary/aromatic N) is 2. The van der Waals surface area contributed by atoms with Crippen LogP contribution in [-0.4, -0.2) is 56.2 Å². The van der Waals surface area contributed by atoms with E-state index in [-0.39, 0.29) is 0 Å². The molecule has 0 spiro atoms. The van der Waals surface area contributed by atoms with Crippen LogP contribution in [0.5, 0.6) is 0 Å². The summed E-state index contributed by atoms with van der Waals surface area (Å²) in [5.41, 5.74) is 1.39. The van der Waals surface area contributed by atoms with Gasteiger partial charge in [0, 0.05) is 26.2 Å². The molecule has 1 aromatic rings. The van der Waals surface area contributed by atoms with Crippen LogP contribution in [0, 0.1) is 0 Å². The summed E-state index contributed by atoms with van der Waals surface area (Å²) in [5.74, 6) is 0. The van der Waals surface area contributed by atoms with Gasteiger partial charge in [0.05, 0.1) is 12.7 Å². The van der Waals surface area contributed by atoms with Gasteiger partial charge in [0.25, 0.3) is 0 Å². The van der Waals surface area contributed by atoms with Gasteiger partial charge in [-0.1, -0.05) is 30.3 Å². The maximum Gasteiger partial charge on any atom is 0.0829 e. The molecule has 1 aromatic carbocycles.